The van der Waals surface area contributed by atoms with Crippen LogP contribution in [0.2, 0.25) is 0 Å². The fraction of sp³-hybridized carbons (Fsp3) is 0.375. The summed E-state index contributed by atoms with van der Waals surface area (Å²) in [5, 5.41) is 19.7. The molecule has 1 saturated heterocycles. The van der Waals surface area contributed by atoms with E-state index in [1.165, 1.54) is 12.1 Å². The van der Waals surface area contributed by atoms with Crippen molar-refractivity contribution in [3.8, 4) is 0 Å². The van der Waals surface area contributed by atoms with E-state index in [9.17, 15) is 28.2 Å². The fourth-order valence-electron chi connectivity index (χ4n) is 2.73. The number of aromatic nitrogens is 2. The molecule has 1 fully saturated rings. The molecule has 3 N–H and O–H groups in total. The Morgan fingerprint density at radius 2 is 1.89 bits per heavy atom. The number of nitrogens with one attached hydrogen (secondary N) is 1. The second-order valence-corrected chi connectivity index (χ2v) is 7.66. The van der Waals surface area contributed by atoms with Gasteiger partial charge in [0.25, 0.3) is 15.7 Å². The molecule has 1 aromatic heterocycles. The maximum atomic E-state index is 12.6. The van der Waals surface area contributed by atoms with Crippen molar-refractivity contribution in [1.82, 2.24) is 9.55 Å². The molecule has 10 nitrogen and oxygen atoms in total. The molecule has 11 heteroatoms. The molecule has 3 rings (SSSR count). The summed E-state index contributed by atoms with van der Waals surface area (Å²) in [6, 6.07) is 6.89. The molecule has 1 aromatic carbocycles. The standard InChI is InChI=1S/C16H18N2O8S/c1-9-2-4-10(5-3-9)27(23,24)26-14-13(21)11(8-19)25-15(14)18-7-6-12(20)17-16(18)22/h2-7,11,13-15,19,21H,8H2,1H3,(H,17,20,22)/t11-,13-,14-,15+/m1/s1. The van der Waals surface area contributed by atoms with E-state index in [0.717, 1.165) is 22.4 Å². The van der Waals surface area contributed by atoms with Crippen molar-refractivity contribution in [2.45, 2.75) is 36.4 Å². The van der Waals surface area contributed by atoms with Crippen LogP contribution in [0.3, 0.4) is 0 Å². The summed E-state index contributed by atoms with van der Waals surface area (Å²) in [6.45, 7) is 1.16. The van der Waals surface area contributed by atoms with E-state index in [4.69, 9.17) is 8.92 Å². The lowest BCUT2D eigenvalue weighted by Crippen LogP contribution is -2.40. The van der Waals surface area contributed by atoms with Crippen molar-refractivity contribution in [3.05, 3.63) is 62.9 Å². The van der Waals surface area contributed by atoms with Crippen LogP contribution < -0.4 is 11.2 Å². The van der Waals surface area contributed by atoms with Crippen LogP contribution in [0, 0.1) is 6.92 Å². The summed E-state index contributed by atoms with van der Waals surface area (Å²) in [5.41, 5.74) is -0.686. The summed E-state index contributed by atoms with van der Waals surface area (Å²) in [4.78, 5) is 25.1. The van der Waals surface area contributed by atoms with Gasteiger partial charge in [-0.1, -0.05) is 17.7 Å². The van der Waals surface area contributed by atoms with Gasteiger partial charge in [0.05, 0.1) is 11.5 Å². The first-order chi connectivity index (χ1) is 12.7. The van der Waals surface area contributed by atoms with Gasteiger partial charge in [0.2, 0.25) is 0 Å². The molecule has 0 aliphatic carbocycles. The van der Waals surface area contributed by atoms with Crippen molar-refractivity contribution in [3.63, 3.8) is 0 Å². The molecule has 2 aromatic rings. The van der Waals surface area contributed by atoms with Gasteiger partial charge in [-0.05, 0) is 19.1 Å². The average Bonchev–Trinajstić information content (AvgIpc) is 2.91. The molecule has 0 bridgehead atoms. The largest absolute Gasteiger partial charge is 0.394 e. The number of hydrogen-bond acceptors (Lipinski definition) is 8. The van der Waals surface area contributed by atoms with Gasteiger partial charge in [-0.25, -0.2) is 4.79 Å². The van der Waals surface area contributed by atoms with E-state index < -0.39 is 52.5 Å². The first-order valence-corrected chi connectivity index (χ1v) is 9.39. The quantitative estimate of drug-likeness (QED) is 0.536. The van der Waals surface area contributed by atoms with E-state index >= 15 is 0 Å². The summed E-state index contributed by atoms with van der Waals surface area (Å²) in [6.07, 6.45) is -4.50. The molecular weight excluding hydrogens is 380 g/mol. The highest BCUT2D eigenvalue weighted by Gasteiger charge is 2.48. The Balaban J connectivity index is 1.98. The van der Waals surface area contributed by atoms with Gasteiger partial charge in [0.1, 0.15) is 12.2 Å². The van der Waals surface area contributed by atoms with Crippen LogP contribution in [-0.4, -0.2) is 53.1 Å². The number of hydrogen-bond donors (Lipinski definition) is 3. The highest BCUT2D eigenvalue weighted by molar-refractivity contribution is 7.86. The molecule has 0 radical (unpaired) electrons. The molecular formula is C16H18N2O8S. The Morgan fingerprint density at radius 3 is 2.48 bits per heavy atom. The summed E-state index contributed by atoms with van der Waals surface area (Å²) < 4.78 is 36.6. The maximum absolute atomic E-state index is 12.6. The number of ether oxygens (including phenoxy) is 1. The van der Waals surface area contributed by atoms with Crippen LogP contribution in [0.15, 0.2) is 51.0 Å². The van der Waals surface area contributed by atoms with Gasteiger partial charge >= 0.3 is 5.69 Å². The zero-order valence-corrected chi connectivity index (χ0v) is 15.0. The predicted octanol–water partition coefficient (Wildman–Crippen LogP) is -1.13. The number of nitrogens with zero attached hydrogens (tertiary/aromatic N) is 1. The zero-order valence-electron chi connectivity index (χ0n) is 14.2. The summed E-state index contributed by atoms with van der Waals surface area (Å²) in [7, 11) is -4.30. The van der Waals surface area contributed by atoms with Crippen LogP contribution in [0.25, 0.3) is 0 Å². The number of aryl methyl sites for hydroxylation is 1. The highest BCUT2D eigenvalue weighted by Crippen LogP contribution is 2.33. The Morgan fingerprint density at radius 1 is 1.22 bits per heavy atom. The van der Waals surface area contributed by atoms with Crippen LogP contribution in [0.1, 0.15) is 11.8 Å². The average molecular weight is 398 g/mol. The molecule has 0 unspecified atom stereocenters. The topological polar surface area (TPSA) is 148 Å². The lowest BCUT2D eigenvalue weighted by atomic mass is 10.1. The van der Waals surface area contributed by atoms with Crippen molar-refractivity contribution in [2.24, 2.45) is 0 Å². The third kappa shape index (κ3) is 3.87. The molecule has 0 amide bonds. The number of rotatable bonds is 5. The van der Waals surface area contributed by atoms with Crippen molar-refractivity contribution >= 4 is 10.1 Å². The normalized spacial score (nSPS) is 25.6. The smallest absolute Gasteiger partial charge is 0.330 e. The Bertz CT molecular complexity index is 1030. The lowest BCUT2D eigenvalue weighted by Gasteiger charge is -2.21. The highest BCUT2D eigenvalue weighted by atomic mass is 32.2. The lowest BCUT2D eigenvalue weighted by molar-refractivity contribution is -0.0519. The monoisotopic (exact) mass is 398 g/mol. The Hall–Kier alpha value is -2.31. The van der Waals surface area contributed by atoms with E-state index in [1.54, 1.807) is 19.1 Å². The van der Waals surface area contributed by atoms with Crippen LogP contribution in [0.5, 0.6) is 0 Å². The SMILES string of the molecule is Cc1ccc(S(=O)(=O)O[C@@H]2[C@H](O)[C@@H](CO)O[C@@H]2n2ccc(=O)[nH]c2=O)cc1. The molecule has 146 valence electrons. The second-order valence-electron chi connectivity index (χ2n) is 6.08. The van der Waals surface area contributed by atoms with Gasteiger partial charge in [-0.2, -0.15) is 8.42 Å². The molecule has 1 aliphatic heterocycles. The number of aliphatic hydroxyl groups is 2. The zero-order chi connectivity index (χ0) is 19.8. The van der Waals surface area contributed by atoms with Crippen molar-refractivity contribution < 1.29 is 27.6 Å². The summed E-state index contributed by atoms with van der Waals surface area (Å²) in [5.74, 6) is 0. The van der Waals surface area contributed by atoms with Crippen molar-refractivity contribution in [2.75, 3.05) is 6.61 Å². The van der Waals surface area contributed by atoms with Crippen LogP contribution in [0.4, 0.5) is 0 Å². The Labute approximate surface area is 153 Å². The van der Waals surface area contributed by atoms with Crippen LogP contribution in [-0.2, 0) is 19.0 Å². The van der Waals surface area contributed by atoms with Gasteiger partial charge < -0.3 is 14.9 Å². The first kappa shape index (κ1) is 19.5. The van der Waals surface area contributed by atoms with Crippen LogP contribution >= 0.6 is 0 Å². The summed E-state index contributed by atoms with van der Waals surface area (Å²) >= 11 is 0. The Kier molecular flexibility index (Phi) is 5.31. The van der Waals surface area contributed by atoms with Gasteiger partial charge in [0, 0.05) is 12.3 Å². The predicted molar refractivity (Wildman–Crippen MR) is 91.6 cm³/mol. The van der Waals surface area contributed by atoms with Gasteiger partial charge in [0.15, 0.2) is 12.3 Å². The van der Waals surface area contributed by atoms with Gasteiger partial charge in [-0.15, -0.1) is 0 Å². The number of aromatic amines is 1. The molecule has 0 spiro atoms. The minimum Gasteiger partial charge on any atom is -0.394 e. The first-order valence-electron chi connectivity index (χ1n) is 7.99. The van der Waals surface area contributed by atoms with Crippen molar-refractivity contribution in [1.29, 1.82) is 0 Å². The number of benzene rings is 1. The fourth-order valence-corrected chi connectivity index (χ4v) is 3.81. The van der Waals surface area contributed by atoms with E-state index in [-0.39, 0.29) is 4.90 Å². The van der Waals surface area contributed by atoms with E-state index in [1.807, 2.05) is 4.98 Å². The molecule has 27 heavy (non-hydrogen) atoms. The minimum atomic E-state index is -4.30. The third-order valence-electron chi connectivity index (χ3n) is 4.17. The minimum absolute atomic E-state index is 0.139. The van der Waals surface area contributed by atoms with E-state index in [2.05, 4.69) is 0 Å². The molecule has 1 aliphatic rings. The number of H-pyrrole nitrogens is 1. The van der Waals surface area contributed by atoms with Gasteiger partial charge in [-0.3, -0.25) is 18.5 Å². The second kappa shape index (κ2) is 7.37. The number of aliphatic hydroxyl groups excluding tert-OH is 2. The molecule has 2 heterocycles. The third-order valence-corrected chi connectivity index (χ3v) is 5.49. The van der Waals surface area contributed by atoms with E-state index in [0.29, 0.717) is 0 Å². The maximum Gasteiger partial charge on any atom is 0.330 e. The molecule has 4 atom stereocenters. The molecule has 0 saturated carbocycles.